The predicted octanol–water partition coefficient (Wildman–Crippen LogP) is 2.41. The molecule has 1 aromatic carbocycles. The number of aliphatic hydroxyl groups is 1. The molecule has 1 atom stereocenters. The minimum atomic E-state index is -0.504. The number of nitrogens with zero attached hydrogens (tertiary/aromatic N) is 1. The predicted molar refractivity (Wildman–Crippen MR) is 112 cm³/mol. The molecular formula is C21H30N2O4S. The van der Waals surface area contributed by atoms with Crippen molar-refractivity contribution < 1.29 is 19.0 Å². The van der Waals surface area contributed by atoms with Gasteiger partial charge in [0, 0.05) is 50.7 Å². The summed E-state index contributed by atoms with van der Waals surface area (Å²) in [5.41, 5.74) is 1.12. The van der Waals surface area contributed by atoms with Crippen LogP contribution >= 0.6 is 11.8 Å². The second-order valence-corrected chi connectivity index (χ2v) is 8.09. The molecule has 1 fully saturated rings. The minimum absolute atomic E-state index is 0.265. The van der Waals surface area contributed by atoms with E-state index in [0.717, 1.165) is 55.4 Å². The highest BCUT2D eigenvalue weighted by Gasteiger charge is 2.16. The quantitative estimate of drug-likeness (QED) is 0.556. The first-order valence-corrected chi connectivity index (χ1v) is 10.9. The molecule has 0 amide bonds. The van der Waals surface area contributed by atoms with Crippen LogP contribution in [0.2, 0.25) is 0 Å². The average Bonchev–Trinajstić information content (AvgIpc) is 3.24. The van der Waals surface area contributed by atoms with Crippen molar-refractivity contribution in [3.8, 4) is 11.5 Å². The van der Waals surface area contributed by atoms with Crippen LogP contribution in [0.25, 0.3) is 0 Å². The smallest absolute Gasteiger partial charge is 0.161 e. The molecule has 0 bridgehead atoms. The fourth-order valence-electron chi connectivity index (χ4n) is 3.16. The molecule has 7 heteroatoms. The van der Waals surface area contributed by atoms with Gasteiger partial charge >= 0.3 is 0 Å². The van der Waals surface area contributed by atoms with Gasteiger partial charge in [-0.05, 0) is 29.8 Å². The van der Waals surface area contributed by atoms with E-state index in [1.807, 2.05) is 42.1 Å². The molecule has 6 nitrogen and oxygen atoms in total. The first-order chi connectivity index (χ1) is 13.7. The van der Waals surface area contributed by atoms with Crippen LogP contribution in [-0.4, -0.2) is 67.5 Å². The summed E-state index contributed by atoms with van der Waals surface area (Å²) < 4.78 is 16.6. The maximum Gasteiger partial charge on any atom is 0.161 e. The highest BCUT2D eigenvalue weighted by Crippen LogP contribution is 2.28. The van der Waals surface area contributed by atoms with Gasteiger partial charge in [-0.3, -0.25) is 4.90 Å². The van der Waals surface area contributed by atoms with Gasteiger partial charge in [0.15, 0.2) is 11.5 Å². The number of methoxy groups -OCH3 is 1. The van der Waals surface area contributed by atoms with Crippen molar-refractivity contribution >= 4 is 11.8 Å². The SMILES string of the molecule is COc1cc(CNCCc2ccco2)ccc1OCC(O)CN1CCSCC1. The van der Waals surface area contributed by atoms with E-state index in [1.165, 1.54) is 0 Å². The summed E-state index contributed by atoms with van der Waals surface area (Å²) >= 11 is 1.97. The van der Waals surface area contributed by atoms with Gasteiger partial charge in [0.25, 0.3) is 0 Å². The monoisotopic (exact) mass is 406 g/mol. The van der Waals surface area contributed by atoms with Crippen molar-refractivity contribution in [2.75, 3.05) is 51.4 Å². The largest absolute Gasteiger partial charge is 0.493 e. The van der Waals surface area contributed by atoms with E-state index < -0.39 is 6.10 Å². The summed E-state index contributed by atoms with van der Waals surface area (Å²) in [6, 6.07) is 9.79. The number of hydrogen-bond donors (Lipinski definition) is 2. The Labute approximate surface area is 171 Å². The third kappa shape index (κ3) is 6.74. The summed E-state index contributed by atoms with van der Waals surface area (Å²) in [6.07, 6.45) is 2.05. The zero-order chi connectivity index (χ0) is 19.6. The Morgan fingerprint density at radius 1 is 1.25 bits per heavy atom. The average molecular weight is 407 g/mol. The number of furan rings is 1. The number of ether oxygens (including phenoxy) is 2. The number of aliphatic hydroxyl groups excluding tert-OH is 1. The summed E-state index contributed by atoms with van der Waals surface area (Å²) in [5.74, 6) is 4.61. The van der Waals surface area contributed by atoms with Crippen LogP contribution in [0.4, 0.5) is 0 Å². The lowest BCUT2D eigenvalue weighted by Gasteiger charge is -2.28. The maximum atomic E-state index is 10.3. The maximum absolute atomic E-state index is 10.3. The molecule has 1 aromatic heterocycles. The standard InChI is InChI=1S/C21H30N2O4S/c1-25-21-13-17(14-22-7-6-19-3-2-10-26-19)4-5-20(21)27-16-18(24)15-23-8-11-28-12-9-23/h2-5,10,13,18,22,24H,6-9,11-12,14-16H2,1H3. The number of hydrogen-bond acceptors (Lipinski definition) is 7. The second-order valence-electron chi connectivity index (χ2n) is 6.87. The number of rotatable bonds is 11. The van der Waals surface area contributed by atoms with E-state index in [1.54, 1.807) is 13.4 Å². The van der Waals surface area contributed by atoms with Gasteiger partial charge < -0.3 is 24.3 Å². The van der Waals surface area contributed by atoms with Crippen LogP contribution in [0, 0.1) is 0 Å². The van der Waals surface area contributed by atoms with Crippen molar-refractivity contribution in [1.29, 1.82) is 0 Å². The van der Waals surface area contributed by atoms with Crippen molar-refractivity contribution in [1.82, 2.24) is 10.2 Å². The number of nitrogens with one attached hydrogen (secondary N) is 1. The molecule has 1 unspecified atom stereocenters. The van der Waals surface area contributed by atoms with E-state index in [-0.39, 0.29) is 6.61 Å². The van der Waals surface area contributed by atoms with Crippen LogP contribution in [0.1, 0.15) is 11.3 Å². The first-order valence-electron chi connectivity index (χ1n) is 9.75. The zero-order valence-corrected chi connectivity index (χ0v) is 17.2. The first kappa shape index (κ1) is 21.0. The normalized spacial score (nSPS) is 16.1. The van der Waals surface area contributed by atoms with E-state index in [9.17, 15) is 5.11 Å². The van der Waals surface area contributed by atoms with Gasteiger partial charge in [-0.15, -0.1) is 0 Å². The molecule has 3 rings (SSSR count). The fourth-order valence-corrected chi connectivity index (χ4v) is 4.14. The third-order valence-electron chi connectivity index (χ3n) is 4.69. The molecule has 1 aliphatic heterocycles. The molecule has 2 heterocycles. The van der Waals surface area contributed by atoms with E-state index in [4.69, 9.17) is 13.9 Å². The molecular weight excluding hydrogens is 376 g/mol. The number of benzene rings is 1. The summed E-state index contributed by atoms with van der Waals surface area (Å²) in [7, 11) is 1.64. The Morgan fingerprint density at radius 3 is 2.86 bits per heavy atom. The van der Waals surface area contributed by atoms with Crippen molar-refractivity contribution in [2.45, 2.75) is 19.1 Å². The van der Waals surface area contributed by atoms with Crippen LogP contribution in [0.3, 0.4) is 0 Å². The Kier molecular flexibility index (Phi) is 8.54. The molecule has 0 aliphatic carbocycles. The van der Waals surface area contributed by atoms with Crippen LogP contribution in [0.5, 0.6) is 11.5 Å². The minimum Gasteiger partial charge on any atom is -0.493 e. The molecule has 154 valence electrons. The third-order valence-corrected chi connectivity index (χ3v) is 5.63. The van der Waals surface area contributed by atoms with Crippen molar-refractivity contribution in [3.63, 3.8) is 0 Å². The summed E-state index contributed by atoms with van der Waals surface area (Å²) in [6.45, 7) is 4.57. The summed E-state index contributed by atoms with van der Waals surface area (Å²) in [4.78, 5) is 2.29. The molecule has 1 aliphatic rings. The number of β-amino-alcohol motifs (C(OH)–C–C–N with tert-alkyl or cyclic N) is 1. The molecule has 0 radical (unpaired) electrons. The Morgan fingerprint density at radius 2 is 2.11 bits per heavy atom. The summed E-state index contributed by atoms with van der Waals surface area (Å²) in [5, 5.41) is 13.7. The molecule has 0 saturated carbocycles. The Balaban J connectivity index is 1.42. The molecule has 28 heavy (non-hydrogen) atoms. The van der Waals surface area contributed by atoms with Crippen molar-refractivity contribution in [2.24, 2.45) is 0 Å². The second kappa shape index (κ2) is 11.4. The zero-order valence-electron chi connectivity index (χ0n) is 16.4. The highest BCUT2D eigenvalue weighted by atomic mass is 32.2. The van der Waals surface area contributed by atoms with Crippen molar-refractivity contribution in [3.05, 3.63) is 47.9 Å². The molecule has 1 saturated heterocycles. The van der Waals surface area contributed by atoms with Crippen LogP contribution < -0.4 is 14.8 Å². The van der Waals surface area contributed by atoms with Gasteiger partial charge in [-0.2, -0.15) is 11.8 Å². The van der Waals surface area contributed by atoms with Gasteiger partial charge in [0.1, 0.15) is 18.5 Å². The lowest BCUT2D eigenvalue weighted by Crippen LogP contribution is -2.40. The lowest BCUT2D eigenvalue weighted by atomic mass is 10.2. The fraction of sp³-hybridized carbons (Fsp3) is 0.524. The van der Waals surface area contributed by atoms with E-state index in [2.05, 4.69) is 10.2 Å². The topological polar surface area (TPSA) is 67.1 Å². The Hall–Kier alpha value is -1.67. The molecule has 2 aromatic rings. The molecule has 2 N–H and O–H groups in total. The highest BCUT2D eigenvalue weighted by molar-refractivity contribution is 7.99. The van der Waals surface area contributed by atoms with Gasteiger partial charge in [0.05, 0.1) is 13.4 Å². The van der Waals surface area contributed by atoms with Gasteiger partial charge in [0.2, 0.25) is 0 Å². The Bertz CT molecular complexity index is 690. The van der Waals surface area contributed by atoms with E-state index in [0.29, 0.717) is 18.0 Å². The van der Waals surface area contributed by atoms with E-state index >= 15 is 0 Å². The lowest BCUT2D eigenvalue weighted by molar-refractivity contribution is 0.0705. The number of thioether (sulfide) groups is 1. The van der Waals surface area contributed by atoms with Crippen LogP contribution in [-0.2, 0) is 13.0 Å². The van der Waals surface area contributed by atoms with Gasteiger partial charge in [-0.1, -0.05) is 6.07 Å². The van der Waals surface area contributed by atoms with Crippen LogP contribution in [0.15, 0.2) is 41.0 Å². The van der Waals surface area contributed by atoms with Gasteiger partial charge in [-0.25, -0.2) is 0 Å². The molecule has 0 spiro atoms.